The minimum Gasteiger partial charge on any atom is -0.312 e. The Balaban J connectivity index is 2.70. The van der Waals surface area contributed by atoms with Crippen LogP contribution in [-0.4, -0.2) is 26.2 Å². The highest BCUT2D eigenvalue weighted by Crippen LogP contribution is 2.11. The Bertz CT molecular complexity index is 182. The molecule has 2 nitrogen and oxygen atoms in total. The van der Waals surface area contributed by atoms with Gasteiger partial charge in [0.2, 0.25) is 0 Å². The Morgan fingerprint density at radius 3 is 2.45 bits per heavy atom. The smallest absolute Gasteiger partial charge is 0.0469 e. The van der Waals surface area contributed by atoms with Crippen LogP contribution >= 0.6 is 0 Å². The van der Waals surface area contributed by atoms with Gasteiger partial charge in [0.15, 0.2) is 0 Å². The molecule has 0 radical (unpaired) electrons. The van der Waals surface area contributed by atoms with Crippen LogP contribution in [0.2, 0.25) is 0 Å². The Morgan fingerprint density at radius 2 is 2.00 bits per heavy atom. The average molecular weight is 152 g/mol. The van der Waals surface area contributed by atoms with Crippen molar-refractivity contribution in [3.05, 3.63) is 23.8 Å². The lowest BCUT2D eigenvalue weighted by Gasteiger charge is -2.27. The molecule has 0 bridgehead atoms. The minimum atomic E-state index is 0.435. The largest absolute Gasteiger partial charge is 0.312 e. The minimum absolute atomic E-state index is 0.435. The summed E-state index contributed by atoms with van der Waals surface area (Å²) in [5, 5.41) is 6.52. The van der Waals surface area contributed by atoms with E-state index in [1.807, 2.05) is 14.1 Å². The standard InChI is InChI=1S/C9H16N2/c1-7-5-4-6-8(10-2)9(7)11-3/h4-6,8-11H,1-3H3. The highest BCUT2D eigenvalue weighted by Gasteiger charge is 2.18. The van der Waals surface area contributed by atoms with Gasteiger partial charge in [0.1, 0.15) is 0 Å². The molecule has 0 aromatic heterocycles. The molecule has 1 aliphatic carbocycles. The molecule has 1 rings (SSSR count). The molecule has 0 aromatic carbocycles. The van der Waals surface area contributed by atoms with Crippen molar-refractivity contribution < 1.29 is 0 Å². The molecule has 0 saturated heterocycles. The van der Waals surface area contributed by atoms with Gasteiger partial charge in [-0.1, -0.05) is 23.8 Å². The van der Waals surface area contributed by atoms with E-state index in [0.717, 1.165) is 0 Å². The van der Waals surface area contributed by atoms with E-state index in [9.17, 15) is 0 Å². The van der Waals surface area contributed by atoms with Crippen molar-refractivity contribution in [3.8, 4) is 0 Å². The monoisotopic (exact) mass is 152 g/mol. The number of hydrogen-bond acceptors (Lipinski definition) is 2. The summed E-state index contributed by atoms with van der Waals surface area (Å²) in [4.78, 5) is 0. The zero-order valence-corrected chi connectivity index (χ0v) is 7.39. The van der Waals surface area contributed by atoms with Crippen LogP contribution in [0.1, 0.15) is 6.92 Å². The van der Waals surface area contributed by atoms with Gasteiger partial charge in [0.25, 0.3) is 0 Å². The Kier molecular flexibility index (Phi) is 2.85. The third kappa shape index (κ3) is 1.70. The maximum absolute atomic E-state index is 3.27. The van der Waals surface area contributed by atoms with Crippen LogP contribution in [0.5, 0.6) is 0 Å². The molecule has 0 aromatic rings. The van der Waals surface area contributed by atoms with E-state index in [-0.39, 0.29) is 0 Å². The summed E-state index contributed by atoms with van der Waals surface area (Å²) in [6, 6.07) is 0.884. The van der Waals surface area contributed by atoms with Gasteiger partial charge < -0.3 is 10.6 Å². The van der Waals surface area contributed by atoms with Crippen molar-refractivity contribution in [3.63, 3.8) is 0 Å². The molecule has 0 spiro atoms. The van der Waals surface area contributed by atoms with Gasteiger partial charge in [0, 0.05) is 12.1 Å². The van der Waals surface area contributed by atoms with E-state index in [1.165, 1.54) is 5.57 Å². The highest BCUT2D eigenvalue weighted by atomic mass is 15.0. The second-order valence-corrected chi connectivity index (χ2v) is 2.88. The maximum Gasteiger partial charge on any atom is 0.0469 e. The fourth-order valence-corrected chi connectivity index (χ4v) is 1.50. The molecule has 11 heavy (non-hydrogen) atoms. The molecule has 0 amide bonds. The lowest BCUT2D eigenvalue weighted by Crippen LogP contribution is -2.45. The predicted octanol–water partition coefficient (Wildman–Crippen LogP) is 0.678. The first-order valence-corrected chi connectivity index (χ1v) is 3.99. The molecule has 2 N–H and O–H groups in total. The van der Waals surface area contributed by atoms with Gasteiger partial charge in [-0.05, 0) is 21.0 Å². The molecule has 0 saturated carbocycles. The average Bonchev–Trinajstić information content (AvgIpc) is 2.04. The fraction of sp³-hybridized carbons (Fsp3) is 0.556. The van der Waals surface area contributed by atoms with Gasteiger partial charge in [-0.2, -0.15) is 0 Å². The molecule has 2 atom stereocenters. The van der Waals surface area contributed by atoms with Gasteiger partial charge in [-0.3, -0.25) is 0 Å². The van der Waals surface area contributed by atoms with E-state index < -0.39 is 0 Å². The van der Waals surface area contributed by atoms with E-state index in [1.54, 1.807) is 0 Å². The summed E-state index contributed by atoms with van der Waals surface area (Å²) in [7, 11) is 3.98. The topological polar surface area (TPSA) is 24.1 Å². The maximum atomic E-state index is 3.27. The first-order valence-electron chi connectivity index (χ1n) is 3.99. The highest BCUT2D eigenvalue weighted by molar-refractivity contribution is 5.26. The molecule has 2 heteroatoms. The van der Waals surface area contributed by atoms with E-state index >= 15 is 0 Å². The van der Waals surface area contributed by atoms with Crippen LogP contribution in [0.3, 0.4) is 0 Å². The van der Waals surface area contributed by atoms with Crippen molar-refractivity contribution in [2.24, 2.45) is 0 Å². The van der Waals surface area contributed by atoms with Gasteiger partial charge in [-0.25, -0.2) is 0 Å². The van der Waals surface area contributed by atoms with Crippen molar-refractivity contribution in [2.75, 3.05) is 14.1 Å². The summed E-state index contributed by atoms with van der Waals surface area (Å²) < 4.78 is 0. The summed E-state index contributed by atoms with van der Waals surface area (Å²) in [5.41, 5.74) is 1.38. The van der Waals surface area contributed by atoms with Gasteiger partial charge in [-0.15, -0.1) is 0 Å². The molecule has 2 unspecified atom stereocenters. The Morgan fingerprint density at radius 1 is 1.27 bits per heavy atom. The molecule has 0 heterocycles. The third-order valence-corrected chi connectivity index (χ3v) is 2.17. The van der Waals surface area contributed by atoms with Crippen LogP contribution in [0.15, 0.2) is 23.8 Å². The summed E-state index contributed by atoms with van der Waals surface area (Å²) in [6.45, 7) is 2.15. The second-order valence-electron chi connectivity index (χ2n) is 2.88. The summed E-state index contributed by atoms with van der Waals surface area (Å²) in [5.74, 6) is 0. The summed E-state index contributed by atoms with van der Waals surface area (Å²) >= 11 is 0. The number of nitrogens with one attached hydrogen (secondary N) is 2. The number of likely N-dealkylation sites (N-methyl/N-ethyl adjacent to an activating group) is 2. The van der Waals surface area contributed by atoms with Gasteiger partial charge >= 0.3 is 0 Å². The molecule has 0 aliphatic heterocycles. The Labute approximate surface area is 68.4 Å². The molecule has 0 fully saturated rings. The molecular weight excluding hydrogens is 136 g/mol. The van der Waals surface area contributed by atoms with Crippen molar-refractivity contribution in [1.29, 1.82) is 0 Å². The van der Waals surface area contributed by atoms with Crippen molar-refractivity contribution in [1.82, 2.24) is 10.6 Å². The van der Waals surface area contributed by atoms with Crippen LogP contribution in [0.25, 0.3) is 0 Å². The molecule has 62 valence electrons. The Hall–Kier alpha value is -0.600. The van der Waals surface area contributed by atoms with Crippen LogP contribution < -0.4 is 10.6 Å². The van der Waals surface area contributed by atoms with E-state index in [4.69, 9.17) is 0 Å². The lowest BCUT2D eigenvalue weighted by molar-refractivity contribution is 0.509. The first kappa shape index (κ1) is 8.50. The second kappa shape index (κ2) is 3.69. The SMILES string of the molecule is CNC1C=CC=C(C)C1NC. The van der Waals surface area contributed by atoms with Crippen molar-refractivity contribution in [2.45, 2.75) is 19.0 Å². The number of rotatable bonds is 2. The molecular formula is C9H16N2. The molecule has 1 aliphatic rings. The number of hydrogen-bond donors (Lipinski definition) is 2. The predicted molar refractivity (Wildman–Crippen MR) is 48.6 cm³/mol. The zero-order chi connectivity index (χ0) is 8.27. The normalized spacial score (nSPS) is 30.3. The quantitative estimate of drug-likeness (QED) is 0.608. The van der Waals surface area contributed by atoms with Crippen LogP contribution in [0, 0.1) is 0 Å². The summed E-state index contributed by atoms with van der Waals surface area (Å²) in [6.07, 6.45) is 6.42. The van der Waals surface area contributed by atoms with Crippen LogP contribution in [0.4, 0.5) is 0 Å². The fourth-order valence-electron chi connectivity index (χ4n) is 1.50. The van der Waals surface area contributed by atoms with Crippen molar-refractivity contribution >= 4 is 0 Å². The van der Waals surface area contributed by atoms with E-state index in [2.05, 4.69) is 35.8 Å². The lowest BCUT2D eigenvalue weighted by atomic mass is 9.96. The number of allylic oxidation sites excluding steroid dienone is 2. The zero-order valence-electron chi connectivity index (χ0n) is 7.39. The van der Waals surface area contributed by atoms with Gasteiger partial charge in [0.05, 0.1) is 0 Å². The van der Waals surface area contributed by atoms with E-state index in [0.29, 0.717) is 12.1 Å². The first-order chi connectivity index (χ1) is 5.29. The third-order valence-electron chi connectivity index (χ3n) is 2.17. The van der Waals surface area contributed by atoms with Crippen LogP contribution in [-0.2, 0) is 0 Å².